The number of hydrogen-bond donors (Lipinski definition) is 0. The third-order valence-corrected chi connectivity index (χ3v) is 2.95. The number of allylic oxidation sites excluding steroid dienone is 1. The van der Waals surface area contributed by atoms with Crippen LogP contribution in [0.1, 0.15) is 47.5 Å². The summed E-state index contributed by atoms with van der Waals surface area (Å²) in [6, 6.07) is 0. The van der Waals surface area contributed by atoms with Crippen molar-refractivity contribution in [3.63, 3.8) is 0 Å². The van der Waals surface area contributed by atoms with Crippen LogP contribution in [-0.2, 0) is 14.3 Å². The Balaban J connectivity index is 4.93. The molecular formula is C15H26O3. The van der Waals surface area contributed by atoms with Crippen LogP contribution in [0.2, 0.25) is 0 Å². The number of carbonyl (C=O) groups excluding carboxylic acids is 2. The molecule has 0 aliphatic heterocycles. The molecule has 0 aliphatic carbocycles. The van der Waals surface area contributed by atoms with Crippen molar-refractivity contribution < 1.29 is 14.3 Å². The van der Waals surface area contributed by atoms with Crippen LogP contribution in [0.3, 0.4) is 0 Å². The zero-order valence-corrected chi connectivity index (χ0v) is 12.2. The highest BCUT2D eigenvalue weighted by molar-refractivity contribution is 6.34. The van der Waals surface area contributed by atoms with Gasteiger partial charge in [0.2, 0.25) is 5.78 Å². The Morgan fingerprint density at radius 2 is 1.78 bits per heavy atom. The van der Waals surface area contributed by atoms with E-state index in [0.717, 1.165) is 12.8 Å². The number of carbonyl (C=O) groups is 2. The zero-order valence-electron chi connectivity index (χ0n) is 12.2. The first-order chi connectivity index (χ1) is 8.34. The summed E-state index contributed by atoms with van der Waals surface area (Å²) < 4.78 is 4.99. The molecule has 0 spiro atoms. The van der Waals surface area contributed by atoms with Gasteiger partial charge in [-0.05, 0) is 32.1 Å². The molecule has 0 saturated heterocycles. The Labute approximate surface area is 111 Å². The lowest BCUT2D eigenvalue weighted by molar-refractivity contribution is -0.159. The van der Waals surface area contributed by atoms with Gasteiger partial charge >= 0.3 is 5.97 Å². The predicted molar refractivity (Wildman–Crippen MR) is 73.2 cm³/mol. The monoisotopic (exact) mass is 254 g/mol. The average Bonchev–Trinajstić information content (AvgIpc) is 2.26. The minimum Gasteiger partial charge on any atom is -0.457 e. The Bertz CT molecular complexity index is 292. The van der Waals surface area contributed by atoms with E-state index in [2.05, 4.69) is 13.5 Å². The van der Waals surface area contributed by atoms with Crippen molar-refractivity contribution in [2.45, 2.75) is 53.6 Å². The number of Topliss-reactive ketones (excluding diaryl/α,β-unsaturated/α-hetero) is 1. The first-order valence-corrected chi connectivity index (χ1v) is 6.72. The summed E-state index contributed by atoms with van der Waals surface area (Å²) in [6.45, 7) is 13.2. The lowest BCUT2D eigenvalue weighted by Crippen LogP contribution is -2.35. The molecule has 2 atom stereocenters. The maximum Gasteiger partial charge on any atom is 0.375 e. The van der Waals surface area contributed by atoms with E-state index in [1.807, 2.05) is 13.8 Å². The summed E-state index contributed by atoms with van der Waals surface area (Å²) in [6.07, 6.45) is 3.36. The summed E-state index contributed by atoms with van der Waals surface area (Å²) in [7, 11) is 0. The highest BCUT2D eigenvalue weighted by Crippen LogP contribution is 2.27. The first-order valence-electron chi connectivity index (χ1n) is 6.72. The van der Waals surface area contributed by atoms with Crippen LogP contribution in [-0.4, -0.2) is 17.9 Å². The second-order valence-electron chi connectivity index (χ2n) is 5.28. The molecule has 0 radical (unpaired) electrons. The van der Waals surface area contributed by atoms with Crippen molar-refractivity contribution in [1.82, 2.24) is 0 Å². The Kier molecular flexibility index (Phi) is 7.56. The Morgan fingerprint density at radius 1 is 1.22 bits per heavy atom. The zero-order chi connectivity index (χ0) is 14.3. The topological polar surface area (TPSA) is 43.4 Å². The molecule has 18 heavy (non-hydrogen) atoms. The molecular weight excluding hydrogens is 228 g/mol. The molecule has 0 aromatic heterocycles. The van der Waals surface area contributed by atoms with E-state index in [9.17, 15) is 9.59 Å². The van der Waals surface area contributed by atoms with Crippen molar-refractivity contribution in [3.8, 4) is 0 Å². The third-order valence-electron chi connectivity index (χ3n) is 2.95. The van der Waals surface area contributed by atoms with E-state index in [1.165, 1.54) is 0 Å². The fourth-order valence-electron chi connectivity index (χ4n) is 2.18. The normalized spacial score (nSPS) is 14.4. The van der Waals surface area contributed by atoms with E-state index in [1.54, 1.807) is 19.9 Å². The molecule has 0 amide bonds. The highest BCUT2D eigenvalue weighted by Gasteiger charge is 2.34. The molecule has 0 aromatic carbocycles. The summed E-state index contributed by atoms with van der Waals surface area (Å²) in [5.41, 5.74) is 0. The summed E-state index contributed by atoms with van der Waals surface area (Å²) in [5, 5.41) is 0. The van der Waals surface area contributed by atoms with Crippen LogP contribution in [0.15, 0.2) is 12.7 Å². The molecule has 3 heteroatoms. The molecule has 0 fully saturated rings. The smallest absolute Gasteiger partial charge is 0.375 e. The van der Waals surface area contributed by atoms with Crippen molar-refractivity contribution in [2.75, 3.05) is 0 Å². The molecule has 0 aromatic rings. The number of rotatable bonds is 8. The fourth-order valence-corrected chi connectivity index (χ4v) is 2.18. The standard InChI is InChI=1S/C15H26O3/c1-7-9-12(8-2)13(10(3)4)14(16)15(17)18-11(5)6/h8,10-13H,2,7,9H2,1,3-6H3/t12-,13+/m0/s1. The summed E-state index contributed by atoms with van der Waals surface area (Å²) >= 11 is 0. The minimum atomic E-state index is -0.716. The van der Waals surface area contributed by atoms with Crippen LogP contribution >= 0.6 is 0 Å². The van der Waals surface area contributed by atoms with Crippen LogP contribution in [0.4, 0.5) is 0 Å². The quantitative estimate of drug-likeness (QED) is 0.379. The predicted octanol–water partition coefficient (Wildman–Crippen LogP) is 3.38. The van der Waals surface area contributed by atoms with Gasteiger partial charge in [0.05, 0.1) is 6.10 Å². The van der Waals surface area contributed by atoms with Crippen LogP contribution in [0, 0.1) is 17.8 Å². The van der Waals surface area contributed by atoms with Crippen LogP contribution in [0.5, 0.6) is 0 Å². The van der Waals surface area contributed by atoms with E-state index in [0.29, 0.717) is 0 Å². The van der Waals surface area contributed by atoms with E-state index < -0.39 is 11.8 Å². The SMILES string of the molecule is C=C[C@@H](CCC)[C@H](C(=O)C(=O)OC(C)C)C(C)C. The van der Waals surface area contributed by atoms with Gasteiger partial charge in [-0.2, -0.15) is 0 Å². The van der Waals surface area contributed by atoms with Gasteiger partial charge in [0.25, 0.3) is 0 Å². The molecule has 3 nitrogen and oxygen atoms in total. The largest absolute Gasteiger partial charge is 0.457 e. The van der Waals surface area contributed by atoms with E-state index >= 15 is 0 Å². The van der Waals surface area contributed by atoms with Crippen molar-refractivity contribution in [1.29, 1.82) is 0 Å². The van der Waals surface area contributed by atoms with Crippen molar-refractivity contribution in [2.24, 2.45) is 17.8 Å². The van der Waals surface area contributed by atoms with Crippen LogP contribution < -0.4 is 0 Å². The molecule has 0 aliphatic rings. The maximum atomic E-state index is 12.2. The molecule has 0 N–H and O–H groups in total. The number of ketones is 1. The third kappa shape index (κ3) is 5.03. The van der Waals surface area contributed by atoms with E-state index in [4.69, 9.17) is 4.74 Å². The number of ether oxygens (including phenoxy) is 1. The van der Waals surface area contributed by atoms with Crippen LogP contribution in [0.25, 0.3) is 0 Å². The van der Waals surface area contributed by atoms with Gasteiger partial charge in [-0.3, -0.25) is 4.79 Å². The van der Waals surface area contributed by atoms with Gasteiger partial charge in [-0.25, -0.2) is 4.79 Å². The van der Waals surface area contributed by atoms with Gasteiger partial charge < -0.3 is 4.74 Å². The maximum absolute atomic E-state index is 12.2. The van der Waals surface area contributed by atoms with Gasteiger partial charge in [0.15, 0.2) is 0 Å². The molecule has 0 heterocycles. The fraction of sp³-hybridized carbons (Fsp3) is 0.733. The second kappa shape index (κ2) is 8.06. The number of hydrogen-bond acceptors (Lipinski definition) is 3. The molecule has 0 unspecified atom stereocenters. The first kappa shape index (κ1) is 16.9. The second-order valence-corrected chi connectivity index (χ2v) is 5.28. The lowest BCUT2D eigenvalue weighted by Gasteiger charge is -2.26. The average molecular weight is 254 g/mol. The van der Waals surface area contributed by atoms with E-state index in [-0.39, 0.29) is 23.9 Å². The molecule has 104 valence electrons. The number of esters is 1. The lowest BCUT2D eigenvalue weighted by atomic mass is 9.78. The summed E-state index contributed by atoms with van der Waals surface area (Å²) in [4.78, 5) is 23.9. The van der Waals surface area contributed by atoms with Gasteiger partial charge in [-0.1, -0.05) is 33.3 Å². The highest BCUT2D eigenvalue weighted by atomic mass is 16.5. The van der Waals surface area contributed by atoms with Crippen molar-refractivity contribution in [3.05, 3.63) is 12.7 Å². The van der Waals surface area contributed by atoms with Crippen molar-refractivity contribution >= 4 is 11.8 Å². The molecule has 0 saturated carbocycles. The van der Waals surface area contributed by atoms with Gasteiger partial charge in [-0.15, -0.1) is 6.58 Å². The molecule has 0 bridgehead atoms. The van der Waals surface area contributed by atoms with Gasteiger partial charge in [0, 0.05) is 5.92 Å². The Hall–Kier alpha value is -1.12. The molecule has 0 rings (SSSR count). The Morgan fingerprint density at radius 3 is 2.11 bits per heavy atom. The summed E-state index contributed by atoms with van der Waals surface area (Å²) in [5.74, 6) is -1.31. The van der Waals surface area contributed by atoms with Gasteiger partial charge in [0.1, 0.15) is 0 Å². The minimum absolute atomic E-state index is 0.0437.